The van der Waals surface area contributed by atoms with E-state index >= 15 is 0 Å². The molecule has 0 atom stereocenters. The van der Waals surface area contributed by atoms with Gasteiger partial charge in [-0.1, -0.05) is 58.4 Å². The molecule has 0 N–H and O–H groups in total. The molecule has 0 aliphatic carbocycles. The standard InChI is InChI=1S/C19H28O3/c1-6-7-12-21-18(20)22-14-15(2)13-16-8-10-17(11-9-16)19(3,4)5/h8-11,14H,6-7,12-13H2,1-5H3/b15-14+. The van der Waals surface area contributed by atoms with Crippen molar-refractivity contribution in [2.75, 3.05) is 6.61 Å². The van der Waals surface area contributed by atoms with Crippen molar-refractivity contribution in [3.8, 4) is 0 Å². The number of unbranched alkanes of at least 4 members (excludes halogenated alkanes) is 1. The minimum Gasteiger partial charge on any atom is -0.434 e. The summed E-state index contributed by atoms with van der Waals surface area (Å²) in [4.78, 5) is 11.3. The number of ether oxygens (including phenoxy) is 2. The first-order valence-electron chi connectivity index (χ1n) is 7.91. The van der Waals surface area contributed by atoms with Gasteiger partial charge in [-0.15, -0.1) is 0 Å². The second kappa shape index (κ2) is 8.62. The van der Waals surface area contributed by atoms with E-state index in [1.807, 2.05) is 13.8 Å². The molecule has 22 heavy (non-hydrogen) atoms. The minimum atomic E-state index is -0.629. The van der Waals surface area contributed by atoms with Crippen molar-refractivity contribution in [2.45, 2.75) is 59.3 Å². The van der Waals surface area contributed by atoms with Crippen LogP contribution in [-0.2, 0) is 21.3 Å². The maximum Gasteiger partial charge on any atom is 0.513 e. The third-order valence-corrected chi connectivity index (χ3v) is 3.38. The van der Waals surface area contributed by atoms with Crippen LogP contribution in [0.1, 0.15) is 58.6 Å². The average molecular weight is 304 g/mol. The highest BCUT2D eigenvalue weighted by atomic mass is 16.7. The zero-order valence-corrected chi connectivity index (χ0v) is 14.4. The Morgan fingerprint density at radius 2 is 1.82 bits per heavy atom. The highest BCUT2D eigenvalue weighted by Crippen LogP contribution is 2.22. The van der Waals surface area contributed by atoms with Gasteiger partial charge in [-0.2, -0.15) is 0 Å². The molecular weight excluding hydrogens is 276 g/mol. The first-order chi connectivity index (χ1) is 10.3. The van der Waals surface area contributed by atoms with E-state index in [0.717, 1.165) is 24.8 Å². The van der Waals surface area contributed by atoms with Crippen LogP contribution in [-0.4, -0.2) is 12.8 Å². The molecule has 0 fully saturated rings. The average Bonchev–Trinajstić information content (AvgIpc) is 2.45. The van der Waals surface area contributed by atoms with Crippen LogP contribution < -0.4 is 0 Å². The summed E-state index contributed by atoms with van der Waals surface area (Å²) >= 11 is 0. The first-order valence-corrected chi connectivity index (χ1v) is 7.91. The van der Waals surface area contributed by atoms with Crippen LogP contribution in [0.5, 0.6) is 0 Å². The molecule has 0 unspecified atom stereocenters. The highest BCUT2D eigenvalue weighted by Gasteiger charge is 2.12. The van der Waals surface area contributed by atoms with Gasteiger partial charge >= 0.3 is 6.16 Å². The van der Waals surface area contributed by atoms with Crippen molar-refractivity contribution >= 4 is 6.16 Å². The van der Waals surface area contributed by atoms with Crippen LogP contribution in [0.25, 0.3) is 0 Å². The van der Waals surface area contributed by atoms with E-state index < -0.39 is 6.16 Å². The first kappa shape index (κ1) is 18.3. The van der Waals surface area contributed by atoms with E-state index in [2.05, 4.69) is 45.0 Å². The second-order valence-corrected chi connectivity index (χ2v) is 6.66. The number of hydrogen-bond donors (Lipinski definition) is 0. The molecular formula is C19H28O3. The Balaban J connectivity index is 2.48. The van der Waals surface area contributed by atoms with E-state index in [4.69, 9.17) is 9.47 Å². The summed E-state index contributed by atoms with van der Waals surface area (Å²) in [7, 11) is 0. The lowest BCUT2D eigenvalue weighted by atomic mass is 9.86. The molecule has 122 valence electrons. The zero-order valence-electron chi connectivity index (χ0n) is 14.4. The summed E-state index contributed by atoms with van der Waals surface area (Å²) in [6.45, 7) is 11.0. The molecule has 0 heterocycles. The van der Waals surface area contributed by atoms with Gasteiger partial charge in [-0.25, -0.2) is 4.79 Å². The Morgan fingerprint density at radius 3 is 2.36 bits per heavy atom. The molecule has 1 aromatic carbocycles. The third-order valence-electron chi connectivity index (χ3n) is 3.38. The molecule has 0 amide bonds. The van der Waals surface area contributed by atoms with Crippen LogP contribution in [0.15, 0.2) is 36.1 Å². The number of benzene rings is 1. The maximum absolute atomic E-state index is 11.3. The summed E-state index contributed by atoms with van der Waals surface area (Å²) in [5.74, 6) is 0. The molecule has 0 radical (unpaired) electrons. The quantitative estimate of drug-likeness (QED) is 0.402. The Hall–Kier alpha value is -1.77. The van der Waals surface area contributed by atoms with Crippen molar-refractivity contribution in [3.05, 3.63) is 47.2 Å². The Kier molecular flexibility index (Phi) is 7.16. The van der Waals surface area contributed by atoms with E-state index in [1.54, 1.807) is 0 Å². The lowest BCUT2D eigenvalue weighted by molar-refractivity contribution is 0.0830. The molecule has 0 saturated heterocycles. The van der Waals surface area contributed by atoms with Gasteiger partial charge in [0.1, 0.15) is 0 Å². The fraction of sp³-hybridized carbons (Fsp3) is 0.526. The summed E-state index contributed by atoms with van der Waals surface area (Å²) in [5.41, 5.74) is 3.66. The van der Waals surface area contributed by atoms with Gasteiger partial charge in [-0.3, -0.25) is 0 Å². The van der Waals surface area contributed by atoms with E-state index in [-0.39, 0.29) is 5.41 Å². The van der Waals surface area contributed by atoms with E-state index in [0.29, 0.717) is 6.61 Å². The monoisotopic (exact) mass is 304 g/mol. The summed E-state index contributed by atoms with van der Waals surface area (Å²) in [6.07, 6.45) is 3.46. The van der Waals surface area contributed by atoms with Gasteiger partial charge in [-0.05, 0) is 41.9 Å². The van der Waals surface area contributed by atoms with Crippen LogP contribution in [0.4, 0.5) is 4.79 Å². The molecule has 0 aliphatic heterocycles. The van der Waals surface area contributed by atoms with Crippen molar-refractivity contribution in [2.24, 2.45) is 0 Å². The largest absolute Gasteiger partial charge is 0.513 e. The fourth-order valence-corrected chi connectivity index (χ4v) is 1.97. The molecule has 0 aliphatic rings. The Morgan fingerprint density at radius 1 is 1.18 bits per heavy atom. The smallest absolute Gasteiger partial charge is 0.434 e. The number of carbonyl (C=O) groups is 1. The molecule has 0 bridgehead atoms. The highest BCUT2D eigenvalue weighted by molar-refractivity contribution is 5.60. The summed E-state index contributed by atoms with van der Waals surface area (Å²) < 4.78 is 9.91. The second-order valence-electron chi connectivity index (χ2n) is 6.66. The maximum atomic E-state index is 11.3. The van der Waals surface area contributed by atoms with Crippen molar-refractivity contribution in [3.63, 3.8) is 0 Å². The van der Waals surface area contributed by atoms with E-state index in [9.17, 15) is 4.79 Å². The summed E-state index contributed by atoms with van der Waals surface area (Å²) in [6, 6.07) is 8.56. The van der Waals surface area contributed by atoms with Crippen LogP contribution in [0.2, 0.25) is 0 Å². The third kappa shape index (κ3) is 6.79. The van der Waals surface area contributed by atoms with Gasteiger partial charge in [0.2, 0.25) is 0 Å². The predicted molar refractivity (Wildman–Crippen MR) is 89.9 cm³/mol. The molecule has 0 saturated carbocycles. The van der Waals surface area contributed by atoms with Crippen LogP contribution in [0, 0.1) is 0 Å². The SMILES string of the molecule is CCCCOC(=O)O/C=C(\C)Cc1ccc(C(C)(C)C)cc1. The van der Waals surface area contributed by atoms with E-state index in [1.165, 1.54) is 17.4 Å². The fourth-order valence-electron chi connectivity index (χ4n) is 1.97. The lowest BCUT2D eigenvalue weighted by Gasteiger charge is -2.19. The zero-order chi connectivity index (χ0) is 16.6. The number of rotatable bonds is 6. The lowest BCUT2D eigenvalue weighted by Crippen LogP contribution is -2.10. The molecule has 0 spiro atoms. The predicted octanol–water partition coefficient (Wildman–Crippen LogP) is 5.38. The van der Waals surface area contributed by atoms with Gasteiger partial charge in [0.25, 0.3) is 0 Å². The number of hydrogen-bond acceptors (Lipinski definition) is 3. The molecule has 1 aromatic rings. The van der Waals surface area contributed by atoms with Gasteiger partial charge in [0.15, 0.2) is 0 Å². The van der Waals surface area contributed by atoms with Crippen LogP contribution in [0.3, 0.4) is 0 Å². The van der Waals surface area contributed by atoms with Crippen molar-refractivity contribution in [1.82, 2.24) is 0 Å². The molecule has 0 aromatic heterocycles. The van der Waals surface area contributed by atoms with Gasteiger partial charge in [0, 0.05) is 0 Å². The topological polar surface area (TPSA) is 35.5 Å². The Labute approximate surface area is 134 Å². The molecule has 3 nitrogen and oxygen atoms in total. The number of allylic oxidation sites excluding steroid dienone is 1. The van der Waals surface area contributed by atoms with Gasteiger partial charge < -0.3 is 9.47 Å². The van der Waals surface area contributed by atoms with Crippen molar-refractivity contribution < 1.29 is 14.3 Å². The number of carbonyl (C=O) groups excluding carboxylic acids is 1. The molecule has 1 rings (SSSR count). The Bertz CT molecular complexity index is 492. The molecule has 3 heteroatoms. The summed E-state index contributed by atoms with van der Waals surface area (Å²) in [5, 5.41) is 0. The normalized spacial score (nSPS) is 12.1. The van der Waals surface area contributed by atoms with Crippen molar-refractivity contribution in [1.29, 1.82) is 0 Å². The van der Waals surface area contributed by atoms with Crippen LogP contribution >= 0.6 is 0 Å². The minimum absolute atomic E-state index is 0.161. The van der Waals surface area contributed by atoms with Gasteiger partial charge in [0.05, 0.1) is 12.9 Å².